The topological polar surface area (TPSA) is 78.8 Å². The van der Waals surface area contributed by atoms with Gasteiger partial charge < -0.3 is 14.9 Å². The zero-order chi connectivity index (χ0) is 19.9. The van der Waals surface area contributed by atoms with E-state index in [0.717, 1.165) is 15.8 Å². The fraction of sp³-hybridized carbons (Fsp3) is 0.227. The maximum absolute atomic E-state index is 12.5. The SMILES string of the molecule is CSc1ccc(NC(=O)O[C@H](CCCO)c2ccc(O)c3ccccc23)cc1. The molecular formula is C22H23NO4S. The zero-order valence-corrected chi connectivity index (χ0v) is 16.4. The van der Waals surface area contributed by atoms with E-state index in [4.69, 9.17) is 4.74 Å². The number of rotatable bonds is 7. The highest BCUT2D eigenvalue weighted by molar-refractivity contribution is 7.98. The van der Waals surface area contributed by atoms with E-state index in [0.29, 0.717) is 23.9 Å². The van der Waals surface area contributed by atoms with Crippen LogP contribution in [0.1, 0.15) is 24.5 Å². The number of hydrogen-bond donors (Lipinski definition) is 3. The first-order chi connectivity index (χ1) is 13.6. The van der Waals surface area contributed by atoms with Gasteiger partial charge in [0.1, 0.15) is 11.9 Å². The third-order valence-corrected chi connectivity index (χ3v) is 5.24. The average molecular weight is 397 g/mol. The molecule has 3 rings (SSSR count). The van der Waals surface area contributed by atoms with Crippen LogP contribution in [0.2, 0.25) is 0 Å². The number of aliphatic hydroxyl groups is 1. The third-order valence-electron chi connectivity index (χ3n) is 4.49. The average Bonchev–Trinajstić information content (AvgIpc) is 2.72. The van der Waals surface area contributed by atoms with Crippen LogP contribution in [0.4, 0.5) is 10.5 Å². The van der Waals surface area contributed by atoms with Crippen LogP contribution in [0, 0.1) is 0 Å². The number of phenols is 1. The number of phenolic OH excluding ortho intramolecular Hbond substituents is 1. The monoisotopic (exact) mass is 397 g/mol. The predicted molar refractivity (Wildman–Crippen MR) is 113 cm³/mol. The molecule has 3 aromatic rings. The van der Waals surface area contributed by atoms with Crippen LogP contribution in [-0.4, -0.2) is 29.2 Å². The number of amides is 1. The highest BCUT2D eigenvalue weighted by Crippen LogP contribution is 2.34. The van der Waals surface area contributed by atoms with Crippen LogP contribution in [0.3, 0.4) is 0 Å². The summed E-state index contributed by atoms with van der Waals surface area (Å²) in [6.07, 6.45) is 1.87. The Morgan fingerprint density at radius 1 is 1.07 bits per heavy atom. The second-order valence-electron chi connectivity index (χ2n) is 6.33. The van der Waals surface area contributed by atoms with Gasteiger partial charge in [-0.2, -0.15) is 0 Å². The van der Waals surface area contributed by atoms with Crippen LogP contribution in [0.15, 0.2) is 65.6 Å². The lowest BCUT2D eigenvalue weighted by atomic mass is 9.97. The maximum Gasteiger partial charge on any atom is 0.412 e. The van der Waals surface area contributed by atoms with Crippen molar-refractivity contribution in [2.24, 2.45) is 0 Å². The fourth-order valence-corrected chi connectivity index (χ4v) is 3.50. The van der Waals surface area contributed by atoms with Crippen LogP contribution in [-0.2, 0) is 4.74 Å². The number of fused-ring (bicyclic) bond motifs is 1. The fourth-order valence-electron chi connectivity index (χ4n) is 3.09. The number of aliphatic hydroxyl groups excluding tert-OH is 1. The van der Waals surface area contributed by atoms with Crippen LogP contribution >= 0.6 is 11.8 Å². The van der Waals surface area contributed by atoms with Crippen molar-refractivity contribution < 1.29 is 19.7 Å². The number of carbonyl (C=O) groups is 1. The van der Waals surface area contributed by atoms with E-state index in [9.17, 15) is 15.0 Å². The Balaban J connectivity index is 1.82. The molecule has 6 heteroatoms. The van der Waals surface area contributed by atoms with Gasteiger partial charge in [0.25, 0.3) is 0 Å². The van der Waals surface area contributed by atoms with Crippen molar-refractivity contribution >= 4 is 34.3 Å². The van der Waals surface area contributed by atoms with Gasteiger partial charge in [-0.25, -0.2) is 4.79 Å². The molecule has 146 valence electrons. The smallest absolute Gasteiger partial charge is 0.412 e. The minimum atomic E-state index is -0.558. The Hall–Kier alpha value is -2.70. The zero-order valence-electron chi connectivity index (χ0n) is 15.6. The van der Waals surface area contributed by atoms with Gasteiger partial charge in [0, 0.05) is 28.1 Å². The number of carbonyl (C=O) groups excluding carboxylic acids is 1. The molecule has 1 amide bonds. The van der Waals surface area contributed by atoms with Crippen molar-refractivity contribution in [3.05, 3.63) is 66.2 Å². The quantitative estimate of drug-likeness (QED) is 0.470. The molecule has 0 heterocycles. The van der Waals surface area contributed by atoms with Crippen molar-refractivity contribution in [3.63, 3.8) is 0 Å². The summed E-state index contributed by atoms with van der Waals surface area (Å²) in [7, 11) is 0. The molecule has 0 aliphatic rings. The summed E-state index contributed by atoms with van der Waals surface area (Å²) >= 11 is 1.63. The van der Waals surface area contributed by atoms with Gasteiger partial charge in [-0.05, 0) is 54.8 Å². The molecule has 0 aromatic heterocycles. The number of hydrogen-bond acceptors (Lipinski definition) is 5. The minimum Gasteiger partial charge on any atom is -0.507 e. The molecule has 5 nitrogen and oxygen atoms in total. The highest BCUT2D eigenvalue weighted by atomic mass is 32.2. The van der Waals surface area contributed by atoms with Gasteiger partial charge in [0.05, 0.1) is 0 Å². The van der Waals surface area contributed by atoms with Gasteiger partial charge in [0.2, 0.25) is 0 Å². The normalized spacial score (nSPS) is 11.9. The molecule has 0 unspecified atom stereocenters. The summed E-state index contributed by atoms with van der Waals surface area (Å²) in [5, 5.41) is 23.6. The molecule has 0 aliphatic heterocycles. The van der Waals surface area contributed by atoms with E-state index in [1.54, 1.807) is 23.9 Å². The lowest BCUT2D eigenvalue weighted by Crippen LogP contribution is -2.18. The maximum atomic E-state index is 12.5. The Bertz CT molecular complexity index is 943. The Labute approximate surface area is 168 Å². The predicted octanol–water partition coefficient (Wildman–Crippen LogP) is 5.33. The van der Waals surface area contributed by atoms with Crippen molar-refractivity contribution in [3.8, 4) is 5.75 Å². The van der Waals surface area contributed by atoms with Crippen molar-refractivity contribution in [2.75, 3.05) is 18.2 Å². The number of nitrogens with one attached hydrogen (secondary N) is 1. The number of anilines is 1. The van der Waals surface area contributed by atoms with E-state index in [-0.39, 0.29) is 12.4 Å². The van der Waals surface area contributed by atoms with E-state index in [2.05, 4.69) is 5.32 Å². The number of benzene rings is 3. The van der Waals surface area contributed by atoms with Gasteiger partial charge >= 0.3 is 6.09 Å². The largest absolute Gasteiger partial charge is 0.507 e. The van der Waals surface area contributed by atoms with Crippen molar-refractivity contribution in [1.82, 2.24) is 0 Å². The molecule has 0 fully saturated rings. The Morgan fingerprint density at radius 2 is 1.79 bits per heavy atom. The van der Waals surface area contributed by atoms with E-state index < -0.39 is 12.2 Å². The molecule has 28 heavy (non-hydrogen) atoms. The third kappa shape index (κ3) is 4.77. The molecule has 0 aliphatic carbocycles. The van der Waals surface area contributed by atoms with Crippen molar-refractivity contribution in [1.29, 1.82) is 0 Å². The van der Waals surface area contributed by atoms with Gasteiger partial charge in [0.15, 0.2) is 0 Å². The first-order valence-corrected chi connectivity index (χ1v) is 10.3. The molecule has 0 saturated heterocycles. The minimum absolute atomic E-state index is 0.00758. The summed E-state index contributed by atoms with van der Waals surface area (Å²) in [4.78, 5) is 13.6. The molecule has 3 N–H and O–H groups in total. The molecule has 3 aromatic carbocycles. The van der Waals surface area contributed by atoms with Crippen LogP contribution in [0.25, 0.3) is 10.8 Å². The summed E-state index contributed by atoms with van der Waals surface area (Å²) < 4.78 is 5.70. The molecule has 1 atom stereocenters. The van der Waals surface area contributed by atoms with Crippen LogP contribution < -0.4 is 5.32 Å². The van der Waals surface area contributed by atoms with Gasteiger partial charge in [-0.15, -0.1) is 11.8 Å². The molecule has 0 bridgehead atoms. The molecular weight excluding hydrogens is 374 g/mol. The number of thioether (sulfide) groups is 1. The molecule has 0 spiro atoms. The van der Waals surface area contributed by atoms with Gasteiger partial charge in [-0.1, -0.05) is 30.3 Å². The van der Waals surface area contributed by atoms with Crippen LogP contribution in [0.5, 0.6) is 5.75 Å². The first kappa shape index (κ1) is 20.0. The summed E-state index contributed by atoms with van der Waals surface area (Å²) in [6, 6.07) is 18.3. The van der Waals surface area contributed by atoms with E-state index in [1.165, 1.54) is 0 Å². The van der Waals surface area contributed by atoms with E-state index >= 15 is 0 Å². The lowest BCUT2D eigenvalue weighted by Gasteiger charge is -2.20. The number of ether oxygens (including phenoxy) is 1. The second-order valence-corrected chi connectivity index (χ2v) is 7.21. The second kappa shape index (κ2) is 9.48. The first-order valence-electron chi connectivity index (χ1n) is 9.05. The Morgan fingerprint density at radius 3 is 2.46 bits per heavy atom. The lowest BCUT2D eigenvalue weighted by molar-refractivity contribution is 0.100. The summed E-state index contributed by atoms with van der Waals surface area (Å²) in [5.74, 6) is 0.179. The molecule has 0 saturated carbocycles. The number of aromatic hydroxyl groups is 1. The van der Waals surface area contributed by atoms with E-state index in [1.807, 2.05) is 54.8 Å². The highest BCUT2D eigenvalue weighted by Gasteiger charge is 2.20. The van der Waals surface area contributed by atoms with Gasteiger partial charge in [-0.3, -0.25) is 5.32 Å². The summed E-state index contributed by atoms with van der Waals surface area (Å²) in [6.45, 7) is 0.00758. The standard InChI is InChI=1S/C22H23NO4S/c1-28-16-10-8-15(9-11-16)23-22(26)27-21(7-4-14-24)19-12-13-20(25)18-6-3-2-5-17(18)19/h2-3,5-6,8-13,21,24-25H,4,7,14H2,1H3,(H,23,26)/t21-/m1/s1. The summed E-state index contributed by atoms with van der Waals surface area (Å²) in [5.41, 5.74) is 1.45. The van der Waals surface area contributed by atoms with Crippen molar-refractivity contribution in [2.45, 2.75) is 23.8 Å². The molecule has 0 radical (unpaired) electrons. The Kier molecular flexibility index (Phi) is 6.79.